The van der Waals surface area contributed by atoms with Crippen LogP contribution < -0.4 is 4.74 Å². The Labute approximate surface area is 139 Å². The summed E-state index contributed by atoms with van der Waals surface area (Å²) in [6.45, 7) is 0.126. The molecule has 1 unspecified atom stereocenters. The van der Waals surface area contributed by atoms with Gasteiger partial charge in [0.1, 0.15) is 5.75 Å². The van der Waals surface area contributed by atoms with E-state index in [1.54, 1.807) is 78.9 Å². The molecule has 0 radical (unpaired) electrons. The zero-order valence-electron chi connectivity index (χ0n) is 12.6. The first-order valence-electron chi connectivity index (χ1n) is 7.17. The number of methoxy groups -OCH3 is 1. The van der Waals surface area contributed by atoms with E-state index in [4.69, 9.17) is 16.3 Å². The second kappa shape index (κ2) is 6.42. The van der Waals surface area contributed by atoms with Crippen molar-refractivity contribution in [3.05, 3.63) is 83.4 Å². The standard InChI is InChI=1S/C18H16ClFN2O/c1-23-17-8-4-15(5-9-17)18(20,12-22-11-10-21-13-22)14-2-6-16(19)7-3-14/h2-11,13H,12H2,1H3. The third-order valence-electron chi connectivity index (χ3n) is 3.81. The Morgan fingerprint density at radius 1 is 1.09 bits per heavy atom. The van der Waals surface area contributed by atoms with Crippen LogP contribution in [0.2, 0.25) is 5.02 Å². The number of hydrogen-bond acceptors (Lipinski definition) is 2. The maximum atomic E-state index is 16.1. The largest absolute Gasteiger partial charge is 0.497 e. The van der Waals surface area contributed by atoms with Crippen LogP contribution in [0.5, 0.6) is 5.75 Å². The van der Waals surface area contributed by atoms with E-state index in [1.165, 1.54) is 0 Å². The third-order valence-corrected chi connectivity index (χ3v) is 4.06. The molecule has 0 aliphatic carbocycles. The Bertz CT molecular complexity index is 757. The van der Waals surface area contributed by atoms with Crippen molar-refractivity contribution in [3.8, 4) is 5.75 Å². The number of rotatable bonds is 5. The summed E-state index contributed by atoms with van der Waals surface area (Å²) in [7, 11) is 1.59. The average molecular weight is 331 g/mol. The van der Waals surface area contributed by atoms with Crippen LogP contribution in [0.1, 0.15) is 11.1 Å². The number of aromatic nitrogens is 2. The van der Waals surface area contributed by atoms with Crippen molar-refractivity contribution in [1.82, 2.24) is 9.55 Å². The van der Waals surface area contributed by atoms with E-state index in [0.29, 0.717) is 21.9 Å². The third kappa shape index (κ3) is 3.22. The average Bonchev–Trinajstić information content (AvgIpc) is 3.08. The van der Waals surface area contributed by atoms with Crippen molar-refractivity contribution in [3.63, 3.8) is 0 Å². The molecule has 0 saturated heterocycles. The summed E-state index contributed by atoms with van der Waals surface area (Å²) >= 11 is 5.94. The van der Waals surface area contributed by atoms with Gasteiger partial charge in [-0.2, -0.15) is 0 Å². The van der Waals surface area contributed by atoms with Crippen molar-refractivity contribution in [2.75, 3.05) is 7.11 Å². The monoisotopic (exact) mass is 330 g/mol. The Morgan fingerprint density at radius 2 is 1.70 bits per heavy atom. The molecule has 0 saturated carbocycles. The Morgan fingerprint density at radius 3 is 2.22 bits per heavy atom. The van der Waals surface area contributed by atoms with Crippen molar-refractivity contribution in [2.45, 2.75) is 12.2 Å². The van der Waals surface area contributed by atoms with Gasteiger partial charge in [0.2, 0.25) is 0 Å². The summed E-state index contributed by atoms with van der Waals surface area (Å²) in [4.78, 5) is 3.99. The second-order valence-corrected chi connectivity index (χ2v) is 5.71. The summed E-state index contributed by atoms with van der Waals surface area (Å²) in [5.41, 5.74) is -0.604. The van der Waals surface area contributed by atoms with Crippen LogP contribution in [0.25, 0.3) is 0 Å². The van der Waals surface area contributed by atoms with Crippen LogP contribution >= 0.6 is 11.6 Å². The lowest BCUT2D eigenvalue weighted by Gasteiger charge is -2.27. The maximum Gasteiger partial charge on any atom is 0.178 e. The predicted molar refractivity (Wildman–Crippen MR) is 88.6 cm³/mol. The van der Waals surface area contributed by atoms with Crippen molar-refractivity contribution in [1.29, 1.82) is 0 Å². The Kier molecular flexibility index (Phi) is 4.35. The van der Waals surface area contributed by atoms with Crippen LogP contribution in [0, 0.1) is 0 Å². The lowest BCUT2D eigenvalue weighted by molar-refractivity contribution is 0.189. The number of ether oxygens (including phenoxy) is 1. The predicted octanol–water partition coefficient (Wildman–Crippen LogP) is 4.46. The summed E-state index contributed by atoms with van der Waals surface area (Å²) in [6.07, 6.45) is 4.98. The van der Waals surface area contributed by atoms with Gasteiger partial charge in [-0.3, -0.25) is 0 Å². The quantitative estimate of drug-likeness (QED) is 0.690. The highest BCUT2D eigenvalue weighted by Gasteiger charge is 2.34. The molecule has 1 aromatic heterocycles. The van der Waals surface area contributed by atoms with Crippen LogP contribution in [-0.4, -0.2) is 16.7 Å². The smallest absolute Gasteiger partial charge is 0.178 e. The molecule has 118 valence electrons. The molecular weight excluding hydrogens is 315 g/mol. The minimum Gasteiger partial charge on any atom is -0.497 e. The number of hydrogen-bond donors (Lipinski definition) is 0. The molecular formula is C18H16ClFN2O. The molecule has 0 aliphatic rings. The van der Waals surface area contributed by atoms with E-state index in [-0.39, 0.29) is 6.54 Å². The van der Waals surface area contributed by atoms with Crippen molar-refractivity contribution in [2.24, 2.45) is 0 Å². The molecule has 1 atom stereocenters. The second-order valence-electron chi connectivity index (χ2n) is 5.27. The molecule has 0 spiro atoms. The highest BCUT2D eigenvalue weighted by atomic mass is 35.5. The lowest BCUT2D eigenvalue weighted by Crippen LogP contribution is -2.27. The summed E-state index contributed by atoms with van der Waals surface area (Å²) in [5.74, 6) is 0.690. The summed E-state index contributed by atoms with van der Waals surface area (Å²) < 4.78 is 22.9. The number of nitrogens with zero attached hydrogens (tertiary/aromatic N) is 2. The van der Waals surface area contributed by atoms with E-state index in [1.807, 2.05) is 0 Å². The first-order chi connectivity index (χ1) is 11.1. The maximum absolute atomic E-state index is 16.1. The SMILES string of the molecule is COc1ccc(C(F)(Cn2ccnc2)c2ccc(Cl)cc2)cc1. The molecule has 5 heteroatoms. The van der Waals surface area contributed by atoms with Gasteiger partial charge in [0.25, 0.3) is 0 Å². The van der Waals surface area contributed by atoms with Gasteiger partial charge in [-0.05, 0) is 35.4 Å². The first kappa shape index (κ1) is 15.6. The van der Waals surface area contributed by atoms with Crippen LogP contribution in [0.15, 0.2) is 67.3 Å². The summed E-state index contributed by atoms with van der Waals surface area (Å²) in [6, 6.07) is 13.8. The molecule has 3 aromatic rings. The zero-order valence-corrected chi connectivity index (χ0v) is 13.4. The van der Waals surface area contributed by atoms with E-state index >= 15 is 4.39 Å². The highest BCUT2D eigenvalue weighted by molar-refractivity contribution is 6.30. The Hall–Kier alpha value is -2.33. The zero-order chi connectivity index (χ0) is 16.3. The molecule has 23 heavy (non-hydrogen) atoms. The summed E-state index contributed by atoms with van der Waals surface area (Å²) in [5, 5.41) is 0.577. The fraction of sp³-hybridized carbons (Fsp3) is 0.167. The highest BCUT2D eigenvalue weighted by Crippen LogP contribution is 2.37. The van der Waals surface area contributed by atoms with E-state index in [9.17, 15) is 0 Å². The molecule has 0 amide bonds. The van der Waals surface area contributed by atoms with E-state index in [2.05, 4.69) is 4.98 Å². The number of benzene rings is 2. The Balaban J connectivity index is 2.06. The first-order valence-corrected chi connectivity index (χ1v) is 7.55. The van der Waals surface area contributed by atoms with Gasteiger partial charge >= 0.3 is 0 Å². The molecule has 2 aromatic carbocycles. The molecule has 0 bridgehead atoms. The fourth-order valence-electron chi connectivity index (χ4n) is 2.55. The van der Waals surface area contributed by atoms with Crippen LogP contribution in [0.3, 0.4) is 0 Å². The van der Waals surface area contributed by atoms with Gasteiger partial charge in [0, 0.05) is 17.4 Å². The molecule has 3 rings (SSSR count). The van der Waals surface area contributed by atoms with Gasteiger partial charge in [-0.25, -0.2) is 9.37 Å². The minimum absolute atomic E-state index is 0.126. The molecule has 1 heterocycles. The van der Waals surface area contributed by atoms with Gasteiger partial charge in [0.05, 0.1) is 20.0 Å². The number of alkyl halides is 1. The van der Waals surface area contributed by atoms with Gasteiger partial charge in [-0.15, -0.1) is 0 Å². The number of imidazole rings is 1. The van der Waals surface area contributed by atoms with Crippen LogP contribution in [-0.2, 0) is 12.2 Å². The lowest BCUT2D eigenvalue weighted by atomic mass is 9.88. The normalized spacial score (nSPS) is 13.5. The topological polar surface area (TPSA) is 27.1 Å². The molecule has 0 aliphatic heterocycles. The minimum atomic E-state index is -1.70. The van der Waals surface area contributed by atoms with E-state index in [0.717, 1.165) is 0 Å². The van der Waals surface area contributed by atoms with Gasteiger partial charge in [0.15, 0.2) is 5.67 Å². The molecule has 0 fully saturated rings. The number of halogens is 2. The molecule has 3 nitrogen and oxygen atoms in total. The van der Waals surface area contributed by atoms with Crippen LogP contribution in [0.4, 0.5) is 4.39 Å². The van der Waals surface area contributed by atoms with Crippen molar-refractivity contribution < 1.29 is 9.13 Å². The van der Waals surface area contributed by atoms with E-state index < -0.39 is 5.67 Å². The van der Waals surface area contributed by atoms with Crippen molar-refractivity contribution >= 4 is 11.6 Å². The van der Waals surface area contributed by atoms with Gasteiger partial charge in [-0.1, -0.05) is 35.9 Å². The van der Waals surface area contributed by atoms with Gasteiger partial charge < -0.3 is 9.30 Å². The fourth-order valence-corrected chi connectivity index (χ4v) is 2.68. The molecule has 0 N–H and O–H groups in total.